The van der Waals surface area contributed by atoms with Crippen molar-refractivity contribution in [3.8, 4) is 0 Å². The maximum atomic E-state index is 12.4. The van der Waals surface area contributed by atoms with Crippen LogP contribution in [0, 0.1) is 12.8 Å². The molecule has 0 bridgehead atoms. The van der Waals surface area contributed by atoms with E-state index in [1.165, 1.54) is 11.1 Å². The molecule has 2 aromatic carbocycles. The Kier molecular flexibility index (Phi) is 4.16. The van der Waals surface area contributed by atoms with Crippen LogP contribution in [0.4, 0.5) is 0 Å². The normalized spacial score (nSPS) is 13.8. The lowest BCUT2D eigenvalue weighted by molar-refractivity contribution is 0.0915. The molecule has 0 saturated heterocycles. The Morgan fingerprint density at radius 1 is 0.895 bits per heavy atom. The number of ketones is 1. The first-order valence-electron chi connectivity index (χ1n) is 6.75. The van der Waals surface area contributed by atoms with E-state index in [9.17, 15) is 4.79 Å². The fourth-order valence-corrected chi connectivity index (χ4v) is 2.25. The molecule has 0 radical (unpaired) electrons. The number of benzene rings is 2. The molecule has 0 fully saturated rings. The summed E-state index contributed by atoms with van der Waals surface area (Å²) in [5, 5.41) is 0. The number of hydrogen-bond acceptors (Lipinski definition) is 1. The third kappa shape index (κ3) is 3.11. The molecule has 0 aromatic heterocycles. The van der Waals surface area contributed by atoms with Crippen LogP contribution >= 0.6 is 0 Å². The molecule has 2 rings (SSSR count). The lowest BCUT2D eigenvalue weighted by atomic mass is 9.83. The minimum Gasteiger partial charge on any atom is -0.294 e. The molecular formula is C18H20O. The van der Waals surface area contributed by atoms with Gasteiger partial charge in [0, 0.05) is 11.5 Å². The number of carbonyl (C=O) groups excluding carboxylic acids is 1. The second-order valence-corrected chi connectivity index (χ2v) is 5.22. The van der Waals surface area contributed by atoms with Gasteiger partial charge in [0.2, 0.25) is 0 Å². The zero-order valence-corrected chi connectivity index (χ0v) is 11.8. The summed E-state index contributed by atoms with van der Waals surface area (Å²) < 4.78 is 0. The Morgan fingerprint density at radius 2 is 1.47 bits per heavy atom. The Labute approximate surface area is 115 Å². The van der Waals surface area contributed by atoms with Crippen LogP contribution in [-0.2, 0) is 0 Å². The van der Waals surface area contributed by atoms with Crippen LogP contribution in [0.2, 0.25) is 0 Å². The van der Waals surface area contributed by atoms with Crippen molar-refractivity contribution in [1.29, 1.82) is 0 Å². The van der Waals surface area contributed by atoms with E-state index in [0.29, 0.717) is 0 Å². The zero-order chi connectivity index (χ0) is 13.8. The maximum absolute atomic E-state index is 12.4. The maximum Gasteiger partial charge on any atom is 0.166 e. The Morgan fingerprint density at radius 3 is 2.05 bits per heavy atom. The molecule has 0 spiro atoms. The molecule has 2 unspecified atom stereocenters. The van der Waals surface area contributed by atoms with Crippen molar-refractivity contribution in [3.63, 3.8) is 0 Å². The summed E-state index contributed by atoms with van der Waals surface area (Å²) in [7, 11) is 0. The van der Waals surface area contributed by atoms with E-state index < -0.39 is 0 Å². The largest absolute Gasteiger partial charge is 0.294 e. The first-order valence-corrected chi connectivity index (χ1v) is 6.75. The van der Waals surface area contributed by atoms with Gasteiger partial charge in [-0.15, -0.1) is 0 Å². The van der Waals surface area contributed by atoms with Crippen LogP contribution in [-0.4, -0.2) is 5.78 Å². The molecule has 19 heavy (non-hydrogen) atoms. The summed E-state index contributed by atoms with van der Waals surface area (Å²) >= 11 is 0. The zero-order valence-electron chi connectivity index (χ0n) is 11.8. The molecule has 0 N–H and O–H groups in total. The van der Waals surface area contributed by atoms with Gasteiger partial charge in [-0.05, 0) is 18.4 Å². The highest BCUT2D eigenvalue weighted by atomic mass is 16.1. The number of aryl methyl sites for hydroxylation is 1. The van der Waals surface area contributed by atoms with Crippen molar-refractivity contribution < 1.29 is 4.79 Å². The second kappa shape index (κ2) is 5.83. The number of carbonyl (C=O) groups is 1. The third-order valence-electron chi connectivity index (χ3n) is 3.83. The quantitative estimate of drug-likeness (QED) is 0.726. The van der Waals surface area contributed by atoms with Gasteiger partial charge in [-0.1, -0.05) is 74.0 Å². The van der Waals surface area contributed by atoms with E-state index in [4.69, 9.17) is 0 Å². The SMILES string of the molecule is Cc1ccc(C(C)C(C)C(=O)c2ccccc2)cc1. The minimum atomic E-state index is -0.00916. The summed E-state index contributed by atoms with van der Waals surface area (Å²) in [6.07, 6.45) is 0. The van der Waals surface area contributed by atoms with Gasteiger partial charge in [0.1, 0.15) is 0 Å². The molecule has 2 atom stereocenters. The molecule has 0 heterocycles. The van der Waals surface area contributed by atoms with Crippen molar-refractivity contribution in [3.05, 3.63) is 71.3 Å². The first kappa shape index (κ1) is 13.5. The average molecular weight is 252 g/mol. The molecule has 98 valence electrons. The third-order valence-corrected chi connectivity index (χ3v) is 3.83. The van der Waals surface area contributed by atoms with Gasteiger partial charge >= 0.3 is 0 Å². The molecule has 0 aliphatic rings. The van der Waals surface area contributed by atoms with Gasteiger partial charge in [0.05, 0.1) is 0 Å². The van der Waals surface area contributed by atoms with Crippen molar-refractivity contribution >= 4 is 5.78 Å². The van der Waals surface area contributed by atoms with Crippen LogP contribution in [0.1, 0.15) is 41.3 Å². The fourth-order valence-electron chi connectivity index (χ4n) is 2.25. The Hall–Kier alpha value is -1.89. The predicted molar refractivity (Wildman–Crippen MR) is 79.5 cm³/mol. The lowest BCUT2D eigenvalue weighted by Crippen LogP contribution is -2.17. The van der Waals surface area contributed by atoms with Gasteiger partial charge in [-0.3, -0.25) is 4.79 Å². The van der Waals surface area contributed by atoms with E-state index in [-0.39, 0.29) is 17.6 Å². The molecular weight excluding hydrogens is 232 g/mol. The Bertz CT molecular complexity index is 540. The fraction of sp³-hybridized carbons (Fsp3) is 0.278. The number of Topliss-reactive ketones (excluding diaryl/α,β-unsaturated/α-hetero) is 1. The van der Waals surface area contributed by atoms with Crippen LogP contribution < -0.4 is 0 Å². The molecule has 1 nitrogen and oxygen atoms in total. The van der Waals surface area contributed by atoms with Crippen LogP contribution in [0.5, 0.6) is 0 Å². The standard InChI is InChI=1S/C18H20O/c1-13-9-11-16(12-10-13)14(2)15(3)18(19)17-7-5-4-6-8-17/h4-12,14-15H,1-3H3. The van der Waals surface area contributed by atoms with Gasteiger partial charge in [-0.25, -0.2) is 0 Å². The smallest absolute Gasteiger partial charge is 0.166 e. The topological polar surface area (TPSA) is 17.1 Å². The highest BCUT2D eigenvalue weighted by Gasteiger charge is 2.22. The molecule has 0 aliphatic carbocycles. The number of hydrogen-bond donors (Lipinski definition) is 0. The molecule has 0 saturated carbocycles. The van der Waals surface area contributed by atoms with Gasteiger partial charge in [0.15, 0.2) is 5.78 Å². The first-order chi connectivity index (χ1) is 9.09. The van der Waals surface area contributed by atoms with Crippen LogP contribution in [0.25, 0.3) is 0 Å². The summed E-state index contributed by atoms with van der Waals surface area (Å²) in [5.41, 5.74) is 3.27. The monoisotopic (exact) mass is 252 g/mol. The predicted octanol–water partition coefficient (Wildman–Crippen LogP) is 4.62. The van der Waals surface area contributed by atoms with Crippen LogP contribution in [0.3, 0.4) is 0 Å². The van der Waals surface area contributed by atoms with E-state index in [1.54, 1.807) is 0 Å². The van der Waals surface area contributed by atoms with Crippen LogP contribution in [0.15, 0.2) is 54.6 Å². The molecule has 1 heteroatoms. The second-order valence-electron chi connectivity index (χ2n) is 5.22. The van der Waals surface area contributed by atoms with Gasteiger partial charge < -0.3 is 0 Å². The summed E-state index contributed by atoms with van der Waals surface area (Å²) in [5.74, 6) is 0.437. The van der Waals surface area contributed by atoms with E-state index in [0.717, 1.165) is 5.56 Å². The van der Waals surface area contributed by atoms with Gasteiger partial charge in [-0.2, -0.15) is 0 Å². The van der Waals surface area contributed by atoms with Crippen molar-refractivity contribution in [2.24, 2.45) is 5.92 Å². The summed E-state index contributed by atoms with van der Waals surface area (Å²) in [4.78, 5) is 12.4. The molecule has 0 aliphatic heterocycles. The van der Waals surface area contributed by atoms with E-state index in [1.807, 2.05) is 37.3 Å². The highest BCUT2D eigenvalue weighted by molar-refractivity contribution is 5.98. The molecule has 0 amide bonds. The Balaban J connectivity index is 2.17. The number of rotatable bonds is 4. The van der Waals surface area contributed by atoms with Crippen molar-refractivity contribution in [1.82, 2.24) is 0 Å². The van der Waals surface area contributed by atoms with Crippen molar-refractivity contribution in [2.45, 2.75) is 26.7 Å². The van der Waals surface area contributed by atoms with Gasteiger partial charge in [0.25, 0.3) is 0 Å². The molecule has 2 aromatic rings. The summed E-state index contributed by atoms with van der Waals surface area (Å²) in [6.45, 7) is 6.21. The summed E-state index contributed by atoms with van der Waals surface area (Å²) in [6, 6.07) is 18.0. The van der Waals surface area contributed by atoms with E-state index >= 15 is 0 Å². The van der Waals surface area contributed by atoms with E-state index in [2.05, 4.69) is 38.1 Å². The highest BCUT2D eigenvalue weighted by Crippen LogP contribution is 2.27. The van der Waals surface area contributed by atoms with Crippen molar-refractivity contribution in [2.75, 3.05) is 0 Å². The lowest BCUT2D eigenvalue weighted by Gasteiger charge is -2.19. The minimum absolute atomic E-state index is 0.00916. The average Bonchev–Trinajstić information content (AvgIpc) is 2.46.